The number of halogens is 2. The van der Waals surface area contributed by atoms with E-state index < -0.39 is 23.6 Å². The molecule has 3 aromatic rings. The van der Waals surface area contributed by atoms with E-state index in [-0.39, 0.29) is 23.2 Å². The maximum absolute atomic E-state index is 15.6. The van der Waals surface area contributed by atoms with Crippen LogP contribution in [0.1, 0.15) is 48.2 Å². The highest BCUT2D eigenvalue weighted by molar-refractivity contribution is 5.86. The minimum atomic E-state index is -1.17. The molecule has 1 fully saturated rings. The molecule has 172 valence electrons. The van der Waals surface area contributed by atoms with E-state index in [0.717, 1.165) is 47.5 Å². The van der Waals surface area contributed by atoms with Crippen molar-refractivity contribution in [3.05, 3.63) is 76.5 Å². The van der Waals surface area contributed by atoms with Gasteiger partial charge >= 0.3 is 5.97 Å². The number of carbonyl (C=O) groups is 1. The zero-order valence-corrected chi connectivity index (χ0v) is 18.4. The number of nitrogens with zero attached hydrogens (tertiary/aromatic N) is 1. The highest BCUT2D eigenvalue weighted by Crippen LogP contribution is 2.45. The van der Waals surface area contributed by atoms with E-state index in [1.165, 1.54) is 18.2 Å². The van der Waals surface area contributed by atoms with E-state index in [2.05, 4.69) is 22.9 Å². The quantitative estimate of drug-likeness (QED) is 0.531. The van der Waals surface area contributed by atoms with Crippen molar-refractivity contribution in [1.82, 2.24) is 9.88 Å². The number of rotatable bonds is 5. The third-order valence-electron chi connectivity index (χ3n) is 6.87. The monoisotopic (exact) mass is 452 g/mol. The smallest absolute Gasteiger partial charge is 0.328 e. The Balaban J connectivity index is 1.71. The first-order valence-corrected chi connectivity index (χ1v) is 11.3. The molecule has 0 amide bonds. The summed E-state index contributed by atoms with van der Waals surface area (Å²) in [6.07, 6.45) is 4.52. The van der Waals surface area contributed by atoms with Gasteiger partial charge in [-0.05, 0) is 54.7 Å². The number of H-pyrrole nitrogens is 1. The second-order valence-electron chi connectivity index (χ2n) is 8.77. The molecule has 5 nitrogen and oxygen atoms in total. The molecule has 0 bridgehead atoms. The number of fused-ring (bicyclic) bond motifs is 3. The summed E-state index contributed by atoms with van der Waals surface area (Å²) >= 11 is 0. The number of hydrogen-bond donors (Lipinski definition) is 2. The van der Waals surface area contributed by atoms with Crippen LogP contribution in [0.15, 0.2) is 42.5 Å². The van der Waals surface area contributed by atoms with Crippen molar-refractivity contribution in [2.24, 2.45) is 0 Å². The van der Waals surface area contributed by atoms with Crippen LogP contribution >= 0.6 is 0 Å². The van der Waals surface area contributed by atoms with Gasteiger partial charge in [-0.2, -0.15) is 0 Å². The molecule has 2 aromatic carbocycles. The predicted octanol–water partition coefficient (Wildman–Crippen LogP) is 5.06. The highest BCUT2D eigenvalue weighted by atomic mass is 19.1. The van der Waals surface area contributed by atoms with Gasteiger partial charge in [0.25, 0.3) is 0 Å². The largest absolute Gasteiger partial charge is 0.478 e. The molecule has 0 aliphatic carbocycles. The van der Waals surface area contributed by atoms with Crippen LogP contribution in [-0.4, -0.2) is 46.3 Å². The zero-order chi connectivity index (χ0) is 23.1. The fourth-order valence-electron chi connectivity index (χ4n) is 5.42. The van der Waals surface area contributed by atoms with Gasteiger partial charge in [0.15, 0.2) is 0 Å². The summed E-state index contributed by atoms with van der Waals surface area (Å²) in [5, 5.41) is 9.95. The van der Waals surface area contributed by atoms with Crippen LogP contribution in [0.2, 0.25) is 0 Å². The highest BCUT2D eigenvalue weighted by Gasteiger charge is 2.43. The molecular formula is C26H26F2N2O3. The Labute approximate surface area is 190 Å². The number of carboxylic acid groups (broad SMARTS) is 1. The summed E-state index contributed by atoms with van der Waals surface area (Å²) in [7, 11) is 0. The van der Waals surface area contributed by atoms with Gasteiger partial charge in [0.1, 0.15) is 11.6 Å². The molecule has 0 saturated carbocycles. The number of para-hydroxylation sites is 1. The second kappa shape index (κ2) is 8.72. The summed E-state index contributed by atoms with van der Waals surface area (Å²) in [4.78, 5) is 16.5. The van der Waals surface area contributed by atoms with Crippen molar-refractivity contribution in [3.8, 4) is 0 Å². The number of aliphatic carboxylic acids is 1. The van der Waals surface area contributed by atoms with Gasteiger partial charge < -0.3 is 14.8 Å². The predicted molar refractivity (Wildman–Crippen MR) is 122 cm³/mol. The molecule has 0 radical (unpaired) electrons. The lowest BCUT2D eigenvalue weighted by atomic mass is 9.85. The van der Waals surface area contributed by atoms with Gasteiger partial charge in [0.05, 0.1) is 12.6 Å². The molecular weight excluding hydrogens is 426 g/mol. The number of aromatic amines is 1. The normalized spacial score (nSPS) is 23.4. The minimum absolute atomic E-state index is 0.0136. The molecule has 1 saturated heterocycles. The van der Waals surface area contributed by atoms with E-state index >= 15 is 8.78 Å². The molecule has 1 aromatic heterocycles. The Bertz CT molecular complexity index is 1210. The SMILES string of the molecule is CC[C@@H]1Cc2c([nH]c3ccccc23)[C@@H](c2c(F)cc(C=CC(=O)O)cc2F)N1C1CCOC1. The maximum Gasteiger partial charge on any atom is 0.328 e. The average molecular weight is 453 g/mol. The summed E-state index contributed by atoms with van der Waals surface area (Å²) in [6, 6.07) is 9.92. The number of hydrogen-bond acceptors (Lipinski definition) is 3. The Hall–Kier alpha value is -3.03. The van der Waals surface area contributed by atoms with Crippen molar-refractivity contribution in [1.29, 1.82) is 0 Å². The maximum atomic E-state index is 15.6. The lowest BCUT2D eigenvalue weighted by Crippen LogP contribution is -2.50. The van der Waals surface area contributed by atoms with Gasteiger partial charge in [-0.1, -0.05) is 25.1 Å². The molecule has 1 unspecified atom stereocenters. The summed E-state index contributed by atoms with van der Waals surface area (Å²) in [6.45, 7) is 3.27. The first-order chi connectivity index (χ1) is 16.0. The van der Waals surface area contributed by atoms with Crippen molar-refractivity contribution in [2.45, 2.75) is 44.3 Å². The zero-order valence-electron chi connectivity index (χ0n) is 18.4. The van der Waals surface area contributed by atoms with Crippen molar-refractivity contribution in [2.75, 3.05) is 13.2 Å². The molecule has 33 heavy (non-hydrogen) atoms. The second-order valence-corrected chi connectivity index (χ2v) is 8.77. The van der Waals surface area contributed by atoms with Crippen LogP contribution in [0.4, 0.5) is 8.78 Å². The summed E-state index contributed by atoms with van der Waals surface area (Å²) in [5.74, 6) is -2.54. The molecule has 7 heteroatoms. The van der Waals surface area contributed by atoms with Crippen LogP contribution in [0, 0.1) is 11.6 Å². The van der Waals surface area contributed by atoms with Crippen LogP contribution < -0.4 is 0 Å². The summed E-state index contributed by atoms with van der Waals surface area (Å²) < 4.78 is 36.8. The minimum Gasteiger partial charge on any atom is -0.478 e. The third kappa shape index (κ3) is 3.85. The lowest BCUT2D eigenvalue weighted by Gasteiger charge is -2.45. The van der Waals surface area contributed by atoms with Gasteiger partial charge in [-0.25, -0.2) is 13.6 Å². The number of aromatic nitrogens is 1. The Morgan fingerprint density at radius 2 is 2.03 bits per heavy atom. The molecule has 3 atom stereocenters. The lowest BCUT2D eigenvalue weighted by molar-refractivity contribution is -0.131. The molecule has 5 rings (SSSR count). The van der Waals surface area contributed by atoms with Crippen molar-refractivity contribution >= 4 is 22.9 Å². The van der Waals surface area contributed by atoms with E-state index in [1.807, 2.05) is 18.2 Å². The van der Waals surface area contributed by atoms with Crippen molar-refractivity contribution < 1.29 is 23.4 Å². The van der Waals surface area contributed by atoms with Gasteiger partial charge in [0.2, 0.25) is 0 Å². The first kappa shape index (κ1) is 21.8. The first-order valence-electron chi connectivity index (χ1n) is 11.3. The third-order valence-corrected chi connectivity index (χ3v) is 6.87. The Morgan fingerprint density at radius 1 is 1.27 bits per heavy atom. The van der Waals surface area contributed by atoms with Gasteiger partial charge in [0, 0.05) is 46.9 Å². The van der Waals surface area contributed by atoms with Crippen LogP contribution in [0.5, 0.6) is 0 Å². The summed E-state index contributed by atoms with van der Waals surface area (Å²) in [5.41, 5.74) is 3.03. The van der Waals surface area contributed by atoms with E-state index in [1.54, 1.807) is 0 Å². The van der Waals surface area contributed by atoms with Crippen molar-refractivity contribution in [3.63, 3.8) is 0 Å². The van der Waals surface area contributed by atoms with Gasteiger partial charge in [-0.3, -0.25) is 4.90 Å². The topological polar surface area (TPSA) is 65.6 Å². The Morgan fingerprint density at radius 3 is 2.70 bits per heavy atom. The van der Waals surface area contributed by atoms with Crippen LogP contribution in [0.3, 0.4) is 0 Å². The fourth-order valence-corrected chi connectivity index (χ4v) is 5.42. The average Bonchev–Trinajstić information content (AvgIpc) is 3.44. The van der Waals surface area contributed by atoms with Crippen LogP contribution in [0.25, 0.3) is 17.0 Å². The number of carboxylic acids is 1. The van der Waals surface area contributed by atoms with E-state index in [0.29, 0.717) is 13.2 Å². The van der Waals surface area contributed by atoms with Gasteiger partial charge in [-0.15, -0.1) is 0 Å². The van der Waals surface area contributed by atoms with E-state index in [9.17, 15) is 4.79 Å². The number of nitrogens with one attached hydrogen (secondary N) is 1. The number of ether oxygens (including phenoxy) is 1. The standard InChI is InChI=1S/C26H26F2N2O3/c1-2-16-13-19-18-5-3-4-6-22(18)29-25(19)26(30(16)17-9-10-33-14-17)24-20(27)11-15(12-21(24)28)7-8-23(31)32/h3-8,11-12,16-17,26,29H,2,9-10,13-14H2,1H3,(H,31,32)/t16-,17?,26-/m1/s1. The molecule has 2 aliphatic rings. The Kier molecular flexibility index (Phi) is 5.76. The number of benzene rings is 2. The van der Waals surface area contributed by atoms with Crippen LogP contribution in [-0.2, 0) is 16.0 Å². The van der Waals surface area contributed by atoms with E-state index in [4.69, 9.17) is 9.84 Å². The molecule has 0 spiro atoms. The fraction of sp³-hybridized carbons (Fsp3) is 0.346. The molecule has 2 N–H and O–H groups in total. The molecule has 2 aliphatic heterocycles. The molecule has 3 heterocycles.